The Hall–Kier alpha value is -1.38. The summed E-state index contributed by atoms with van der Waals surface area (Å²) >= 11 is 0. The van der Waals surface area contributed by atoms with Gasteiger partial charge in [0.05, 0.1) is 7.11 Å². The van der Waals surface area contributed by atoms with Gasteiger partial charge in [0.15, 0.2) is 0 Å². The molecule has 0 radical (unpaired) electrons. The first-order valence-electron chi connectivity index (χ1n) is 5.02. The molecule has 2 nitrogen and oxygen atoms in total. The standard InChI is InChI=1S/C12H13FO2/c1-7-10-5-8(15-2)6-11(13)9(10)3-4-12(7)14/h5-7H,3-4H2,1-2H3. The van der Waals surface area contributed by atoms with Gasteiger partial charge in [0.2, 0.25) is 0 Å². The molecule has 0 bridgehead atoms. The normalized spacial score (nSPS) is 19.9. The Morgan fingerprint density at radius 1 is 1.40 bits per heavy atom. The van der Waals surface area contributed by atoms with Crippen molar-refractivity contribution in [3.8, 4) is 5.75 Å². The lowest BCUT2D eigenvalue weighted by molar-refractivity contribution is -0.120. The van der Waals surface area contributed by atoms with Crippen LogP contribution in [0, 0.1) is 5.82 Å². The zero-order valence-corrected chi connectivity index (χ0v) is 8.84. The Labute approximate surface area is 88.1 Å². The summed E-state index contributed by atoms with van der Waals surface area (Å²) in [6, 6.07) is 3.14. The second kappa shape index (κ2) is 3.65. The number of fused-ring (bicyclic) bond motifs is 1. The summed E-state index contributed by atoms with van der Waals surface area (Å²) in [4.78, 5) is 11.5. The highest BCUT2D eigenvalue weighted by Gasteiger charge is 2.26. The van der Waals surface area contributed by atoms with Crippen molar-refractivity contribution in [2.75, 3.05) is 7.11 Å². The van der Waals surface area contributed by atoms with E-state index >= 15 is 0 Å². The van der Waals surface area contributed by atoms with Gasteiger partial charge in [0, 0.05) is 18.4 Å². The van der Waals surface area contributed by atoms with Crippen LogP contribution in [0.1, 0.15) is 30.4 Å². The topological polar surface area (TPSA) is 26.3 Å². The summed E-state index contributed by atoms with van der Waals surface area (Å²) in [6.07, 6.45) is 0.950. The van der Waals surface area contributed by atoms with Gasteiger partial charge in [-0.25, -0.2) is 4.39 Å². The number of rotatable bonds is 1. The monoisotopic (exact) mass is 208 g/mol. The average Bonchev–Trinajstić information content (AvgIpc) is 2.23. The van der Waals surface area contributed by atoms with Gasteiger partial charge in [0.1, 0.15) is 17.3 Å². The van der Waals surface area contributed by atoms with Crippen LogP contribution in [0.3, 0.4) is 0 Å². The summed E-state index contributed by atoms with van der Waals surface area (Å²) < 4.78 is 18.6. The van der Waals surface area contributed by atoms with Crippen molar-refractivity contribution >= 4 is 5.78 Å². The van der Waals surface area contributed by atoms with E-state index in [9.17, 15) is 9.18 Å². The number of hydrogen-bond donors (Lipinski definition) is 0. The van der Waals surface area contributed by atoms with Crippen LogP contribution in [0.25, 0.3) is 0 Å². The van der Waals surface area contributed by atoms with E-state index in [-0.39, 0.29) is 17.5 Å². The number of benzene rings is 1. The third-order valence-corrected chi connectivity index (χ3v) is 3.01. The molecule has 0 saturated carbocycles. The maximum absolute atomic E-state index is 13.6. The molecule has 1 aliphatic rings. The molecule has 0 N–H and O–H groups in total. The average molecular weight is 208 g/mol. The van der Waals surface area contributed by atoms with Gasteiger partial charge in [-0.1, -0.05) is 6.92 Å². The van der Waals surface area contributed by atoms with Crippen LogP contribution in [0.2, 0.25) is 0 Å². The van der Waals surface area contributed by atoms with E-state index in [1.54, 1.807) is 6.07 Å². The molecule has 2 rings (SSSR count). The van der Waals surface area contributed by atoms with Crippen molar-refractivity contribution < 1.29 is 13.9 Å². The molecule has 3 heteroatoms. The van der Waals surface area contributed by atoms with Gasteiger partial charge in [-0.3, -0.25) is 4.79 Å². The Bertz CT molecular complexity index is 412. The highest BCUT2D eigenvalue weighted by Crippen LogP contribution is 2.33. The summed E-state index contributed by atoms with van der Waals surface area (Å²) in [5.74, 6) is 0.185. The third-order valence-electron chi connectivity index (χ3n) is 3.01. The van der Waals surface area contributed by atoms with Crippen molar-refractivity contribution in [1.29, 1.82) is 0 Å². The fourth-order valence-corrected chi connectivity index (χ4v) is 2.04. The number of carbonyl (C=O) groups excluding carboxylic acids is 1. The number of halogens is 1. The molecule has 0 aliphatic heterocycles. The number of ether oxygens (including phenoxy) is 1. The second-order valence-electron chi connectivity index (χ2n) is 3.87. The lowest BCUT2D eigenvalue weighted by atomic mass is 9.82. The first kappa shape index (κ1) is 10.1. The highest BCUT2D eigenvalue weighted by molar-refractivity contribution is 5.87. The first-order chi connectivity index (χ1) is 7.13. The lowest BCUT2D eigenvalue weighted by Crippen LogP contribution is -2.19. The molecule has 0 spiro atoms. The molecule has 80 valence electrons. The fourth-order valence-electron chi connectivity index (χ4n) is 2.04. The molecule has 0 saturated heterocycles. The van der Waals surface area contributed by atoms with Gasteiger partial charge in [-0.2, -0.15) is 0 Å². The number of methoxy groups -OCH3 is 1. The van der Waals surface area contributed by atoms with E-state index < -0.39 is 0 Å². The fraction of sp³-hybridized carbons (Fsp3) is 0.417. The molecule has 0 heterocycles. The minimum atomic E-state index is -0.260. The molecule has 0 aromatic heterocycles. The number of Topliss-reactive ketones (excluding diaryl/α,β-unsaturated/α-hetero) is 1. The van der Waals surface area contributed by atoms with Crippen LogP contribution >= 0.6 is 0 Å². The summed E-state index contributed by atoms with van der Waals surface area (Å²) in [7, 11) is 1.50. The smallest absolute Gasteiger partial charge is 0.140 e. The largest absolute Gasteiger partial charge is 0.497 e. The molecular formula is C12H13FO2. The van der Waals surface area contributed by atoms with Crippen LogP contribution in [0.5, 0.6) is 5.75 Å². The quantitative estimate of drug-likeness (QED) is 0.708. The predicted octanol–water partition coefficient (Wildman–Crippen LogP) is 2.45. The Balaban J connectivity index is 2.55. The van der Waals surface area contributed by atoms with E-state index in [0.717, 1.165) is 5.56 Å². The second-order valence-corrected chi connectivity index (χ2v) is 3.87. The van der Waals surface area contributed by atoms with E-state index in [1.165, 1.54) is 13.2 Å². The van der Waals surface area contributed by atoms with Crippen molar-refractivity contribution in [3.63, 3.8) is 0 Å². The maximum Gasteiger partial charge on any atom is 0.140 e. The summed E-state index contributed by atoms with van der Waals surface area (Å²) in [5.41, 5.74) is 1.45. The lowest BCUT2D eigenvalue weighted by Gasteiger charge is -2.22. The van der Waals surface area contributed by atoms with Crippen LogP contribution < -0.4 is 4.74 Å². The SMILES string of the molecule is COc1cc(F)c2c(c1)C(C)C(=O)CC2. The van der Waals surface area contributed by atoms with Crippen molar-refractivity contribution in [3.05, 3.63) is 29.1 Å². The van der Waals surface area contributed by atoms with Crippen molar-refractivity contribution in [2.24, 2.45) is 0 Å². The Morgan fingerprint density at radius 3 is 2.80 bits per heavy atom. The molecule has 0 amide bonds. The van der Waals surface area contributed by atoms with Crippen LogP contribution in [-0.2, 0) is 11.2 Å². The van der Waals surface area contributed by atoms with Gasteiger partial charge >= 0.3 is 0 Å². The molecule has 1 aromatic carbocycles. The van der Waals surface area contributed by atoms with E-state index in [0.29, 0.717) is 24.2 Å². The van der Waals surface area contributed by atoms with Gasteiger partial charge in [-0.15, -0.1) is 0 Å². The predicted molar refractivity (Wildman–Crippen MR) is 54.7 cm³/mol. The summed E-state index contributed by atoms with van der Waals surface area (Å²) in [5, 5.41) is 0. The Morgan fingerprint density at radius 2 is 2.13 bits per heavy atom. The minimum Gasteiger partial charge on any atom is -0.497 e. The molecule has 0 fully saturated rings. The number of hydrogen-bond acceptors (Lipinski definition) is 2. The van der Waals surface area contributed by atoms with Crippen LogP contribution in [0.15, 0.2) is 12.1 Å². The molecule has 1 unspecified atom stereocenters. The molecule has 1 atom stereocenters. The van der Waals surface area contributed by atoms with Gasteiger partial charge in [-0.05, 0) is 23.6 Å². The summed E-state index contributed by atoms with van der Waals surface area (Å²) in [6.45, 7) is 1.82. The van der Waals surface area contributed by atoms with Crippen LogP contribution in [-0.4, -0.2) is 12.9 Å². The number of ketones is 1. The van der Waals surface area contributed by atoms with Gasteiger partial charge in [0.25, 0.3) is 0 Å². The highest BCUT2D eigenvalue weighted by atomic mass is 19.1. The molecule has 1 aliphatic carbocycles. The van der Waals surface area contributed by atoms with Crippen LogP contribution in [0.4, 0.5) is 4.39 Å². The van der Waals surface area contributed by atoms with Crippen molar-refractivity contribution in [1.82, 2.24) is 0 Å². The molecular weight excluding hydrogens is 195 g/mol. The zero-order valence-electron chi connectivity index (χ0n) is 8.84. The van der Waals surface area contributed by atoms with Gasteiger partial charge < -0.3 is 4.74 Å². The maximum atomic E-state index is 13.6. The van der Waals surface area contributed by atoms with E-state index in [2.05, 4.69) is 0 Å². The molecule has 15 heavy (non-hydrogen) atoms. The minimum absolute atomic E-state index is 0.176. The number of carbonyl (C=O) groups is 1. The first-order valence-corrected chi connectivity index (χ1v) is 5.02. The zero-order chi connectivity index (χ0) is 11.0. The van der Waals surface area contributed by atoms with Crippen molar-refractivity contribution in [2.45, 2.75) is 25.7 Å². The van der Waals surface area contributed by atoms with E-state index in [4.69, 9.17) is 4.74 Å². The van der Waals surface area contributed by atoms with E-state index in [1.807, 2.05) is 6.92 Å². The third kappa shape index (κ3) is 1.62. The Kier molecular flexibility index (Phi) is 2.47. The molecule has 1 aromatic rings.